The Balaban J connectivity index is 1.75. The van der Waals surface area contributed by atoms with Crippen molar-refractivity contribution in [2.45, 2.75) is 38.0 Å². The molecule has 7 nitrogen and oxygen atoms in total. The summed E-state index contributed by atoms with van der Waals surface area (Å²) in [4.78, 5) is 12.8. The van der Waals surface area contributed by atoms with E-state index in [0.29, 0.717) is 44.0 Å². The number of morpholine rings is 1. The molecular weight excluding hydrogens is 416 g/mol. The Morgan fingerprint density at radius 3 is 2.58 bits per heavy atom. The number of carbonyl (C=O) groups is 1. The highest BCUT2D eigenvalue weighted by atomic mass is 32.2. The Hall–Kier alpha value is -2.42. The maximum absolute atomic E-state index is 13.0. The molecule has 1 aliphatic heterocycles. The summed E-state index contributed by atoms with van der Waals surface area (Å²) in [5.74, 6) is 0.450. The number of nitrogens with one attached hydrogen (secondary N) is 1. The van der Waals surface area contributed by atoms with Gasteiger partial charge in [0.05, 0.1) is 25.2 Å². The summed E-state index contributed by atoms with van der Waals surface area (Å²) in [6.07, 6.45) is 1.41. The molecule has 0 aliphatic carbocycles. The molecule has 1 aliphatic rings. The largest absolute Gasteiger partial charge is 0.496 e. The molecule has 0 atom stereocenters. The fourth-order valence-corrected chi connectivity index (χ4v) is 5.16. The van der Waals surface area contributed by atoms with Gasteiger partial charge in [-0.05, 0) is 54.7 Å². The van der Waals surface area contributed by atoms with E-state index in [2.05, 4.69) is 12.2 Å². The highest BCUT2D eigenvalue weighted by Gasteiger charge is 2.27. The minimum Gasteiger partial charge on any atom is -0.496 e. The molecule has 0 saturated carbocycles. The van der Waals surface area contributed by atoms with Gasteiger partial charge in [0.2, 0.25) is 15.9 Å². The second-order valence-electron chi connectivity index (χ2n) is 7.50. The average molecular weight is 447 g/mol. The molecule has 0 radical (unpaired) electrons. The van der Waals surface area contributed by atoms with Crippen molar-refractivity contribution in [1.82, 2.24) is 4.31 Å². The molecule has 1 fully saturated rings. The van der Waals surface area contributed by atoms with Gasteiger partial charge in [-0.15, -0.1) is 0 Å². The predicted octanol–water partition coefficient (Wildman–Crippen LogP) is 3.16. The number of carbonyl (C=O) groups excluding carboxylic acids is 1. The minimum absolute atomic E-state index is 0.118. The van der Waals surface area contributed by atoms with Crippen LogP contribution in [0.15, 0.2) is 41.3 Å². The fraction of sp³-hybridized carbons (Fsp3) is 0.435. The fourth-order valence-electron chi connectivity index (χ4n) is 3.70. The molecule has 1 amide bonds. The van der Waals surface area contributed by atoms with Crippen molar-refractivity contribution in [3.63, 3.8) is 0 Å². The molecule has 1 saturated heterocycles. The first-order valence-electron chi connectivity index (χ1n) is 10.5. The summed E-state index contributed by atoms with van der Waals surface area (Å²) in [5, 5.41) is 3.01. The summed E-state index contributed by atoms with van der Waals surface area (Å²) in [5.41, 5.74) is 3.64. The molecule has 0 aromatic heterocycles. The zero-order valence-corrected chi connectivity index (χ0v) is 19.1. The quantitative estimate of drug-likeness (QED) is 0.673. The third-order valence-corrected chi connectivity index (χ3v) is 7.38. The van der Waals surface area contributed by atoms with Gasteiger partial charge in [0.1, 0.15) is 5.75 Å². The summed E-state index contributed by atoms with van der Waals surface area (Å²) < 4.78 is 38.0. The molecule has 3 rings (SSSR count). The van der Waals surface area contributed by atoms with Crippen LogP contribution in [0.3, 0.4) is 0 Å². The van der Waals surface area contributed by atoms with Crippen molar-refractivity contribution in [3.8, 4) is 5.75 Å². The zero-order valence-electron chi connectivity index (χ0n) is 18.3. The van der Waals surface area contributed by atoms with Crippen LogP contribution in [0.2, 0.25) is 0 Å². The van der Waals surface area contributed by atoms with E-state index in [9.17, 15) is 13.2 Å². The number of benzene rings is 2. The van der Waals surface area contributed by atoms with Crippen molar-refractivity contribution in [1.29, 1.82) is 0 Å². The van der Waals surface area contributed by atoms with Crippen molar-refractivity contribution in [2.24, 2.45) is 0 Å². The Kier molecular flexibility index (Phi) is 7.69. The molecule has 2 aromatic rings. The number of rotatable bonds is 8. The van der Waals surface area contributed by atoms with Crippen LogP contribution in [0.5, 0.6) is 5.75 Å². The van der Waals surface area contributed by atoms with E-state index in [1.807, 2.05) is 25.1 Å². The Morgan fingerprint density at radius 1 is 1.16 bits per heavy atom. The maximum Gasteiger partial charge on any atom is 0.243 e. The van der Waals surface area contributed by atoms with Gasteiger partial charge in [0.15, 0.2) is 0 Å². The second-order valence-corrected chi connectivity index (χ2v) is 9.44. The molecule has 1 heterocycles. The van der Waals surface area contributed by atoms with Gasteiger partial charge in [-0.3, -0.25) is 4.79 Å². The Labute approximate surface area is 184 Å². The van der Waals surface area contributed by atoms with Gasteiger partial charge >= 0.3 is 0 Å². The number of ether oxygens (including phenoxy) is 2. The number of para-hydroxylation sites is 1. The molecular formula is C23H30N2O5S. The minimum atomic E-state index is -3.61. The van der Waals surface area contributed by atoms with E-state index >= 15 is 0 Å². The van der Waals surface area contributed by atoms with E-state index in [4.69, 9.17) is 9.47 Å². The van der Waals surface area contributed by atoms with Crippen LogP contribution < -0.4 is 10.1 Å². The monoisotopic (exact) mass is 446 g/mol. The molecule has 8 heteroatoms. The van der Waals surface area contributed by atoms with E-state index < -0.39 is 10.0 Å². The molecule has 1 N–H and O–H groups in total. The molecule has 0 unspecified atom stereocenters. The summed E-state index contributed by atoms with van der Waals surface area (Å²) >= 11 is 0. The molecule has 2 aromatic carbocycles. The van der Waals surface area contributed by atoms with Crippen molar-refractivity contribution in [3.05, 3.63) is 53.1 Å². The van der Waals surface area contributed by atoms with Crippen LogP contribution >= 0.6 is 0 Å². The molecule has 168 valence electrons. The van der Waals surface area contributed by atoms with Crippen LogP contribution in [0, 0.1) is 6.92 Å². The van der Waals surface area contributed by atoms with Crippen LogP contribution in [-0.4, -0.2) is 52.0 Å². The first kappa shape index (κ1) is 23.2. The number of nitrogens with zero attached hydrogens (tertiary/aromatic N) is 1. The maximum atomic E-state index is 13.0. The van der Waals surface area contributed by atoms with Gasteiger partial charge < -0.3 is 14.8 Å². The van der Waals surface area contributed by atoms with E-state index in [1.54, 1.807) is 18.2 Å². The number of amides is 1. The number of hydrogen-bond donors (Lipinski definition) is 1. The summed E-state index contributed by atoms with van der Waals surface area (Å²) in [6, 6.07) is 10.8. The van der Waals surface area contributed by atoms with E-state index in [-0.39, 0.29) is 17.2 Å². The molecule has 0 bridgehead atoms. The van der Waals surface area contributed by atoms with Crippen LogP contribution in [0.4, 0.5) is 5.69 Å². The number of methoxy groups -OCH3 is 1. The average Bonchev–Trinajstić information content (AvgIpc) is 2.79. The summed E-state index contributed by atoms with van der Waals surface area (Å²) in [7, 11) is -2.08. The van der Waals surface area contributed by atoms with Crippen LogP contribution in [0.25, 0.3) is 0 Å². The lowest BCUT2D eigenvalue weighted by Crippen LogP contribution is -2.40. The number of aryl methyl sites for hydroxylation is 3. The van der Waals surface area contributed by atoms with Crippen molar-refractivity contribution < 1.29 is 22.7 Å². The SMILES string of the molecule is CCc1cccc(C)c1NC(=O)CCc1cc(S(=O)(=O)N2CCOCC2)ccc1OC. The second kappa shape index (κ2) is 10.3. The first-order valence-corrected chi connectivity index (χ1v) is 11.9. The van der Waals surface area contributed by atoms with Gasteiger partial charge in [-0.25, -0.2) is 8.42 Å². The van der Waals surface area contributed by atoms with E-state index in [0.717, 1.165) is 23.2 Å². The number of anilines is 1. The van der Waals surface area contributed by atoms with Crippen LogP contribution in [-0.2, 0) is 32.4 Å². The highest BCUT2D eigenvalue weighted by Crippen LogP contribution is 2.27. The number of sulfonamides is 1. The van der Waals surface area contributed by atoms with Crippen molar-refractivity contribution in [2.75, 3.05) is 38.7 Å². The van der Waals surface area contributed by atoms with Crippen LogP contribution in [0.1, 0.15) is 30.0 Å². The Bertz CT molecular complexity index is 1030. The normalized spacial score (nSPS) is 14.9. The smallest absolute Gasteiger partial charge is 0.243 e. The lowest BCUT2D eigenvalue weighted by Gasteiger charge is -2.26. The third-order valence-electron chi connectivity index (χ3n) is 5.49. The van der Waals surface area contributed by atoms with Gasteiger partial charge in [0, 0.05) is 25.2 Å². The predicted molar refractivity (Wildman–Crippen MR) is 120 cm³/mol. The molecule has 31 heavy (non-hydrogen) atoms. The summed E-state index contributed by atoms with van der Waals surface area (Å²) in [6.45, 7) is 5.47. The number of hydrogen-bond acceptors (Lipinski definition) is 5. The van der Waals surface area contributed by atoms with Gasteiger partial charge in [0.25, 0.3) is 0 Å². The topological polar surface area (TPSA) is 84.9 Å². The lowest BCUT2D eigenvalue weighted by molar-refractivity contribution is -0.116. The Morgan fingerprint density at radius 2 is 1.90 bits per heavy atom. The zero-order chi connectivity index (χ0) is 22.4. The van der Waals surface area contributed by atoms with Crippen molar-refractivity contribution >= 4 is 21.6 Å². The third kappa shape index (κ3) is 5.44. The van der Waals surface area contributed by atoms with E-state index in [1.165, 1.54) is 11.4 Å². The first-order chi connectivity index (χ1) is 14.9. The van der Waals surface area contributed by atoms with Gasteiger partial charge in [-0.2, -0.15) is 4.31 Å². The lowest BCUT2D eigenvalue weighted by atomic mass is 10.0. The van der Waals surface area contributed by atoms with Gasteiger partial charge in [-0.1, -0.05) is 25.1 Å². The standard InChI is InChI=1S/C23H30N2O5S/c1-4-18-7-5-6-17(2)23(18)24-22(26)11-8-19-16-20(9-10-21(19)29-3)31(27,28)25-12-14-30-15-13-25/h5-7,9-10,16H,4,8,11-15H2,1-3H3,(H,24,26). The highest BCUT2D eigenvalue weighted by molar-refractivity contribution is 7.89. The molecule has 0 spiro atoms.